The first-order valence-corrected chi connectivity index (χ1v) is 5.73. The predicted octanol–water partition coefficient (Wildman–Crippen LogP) is 1.32. The molecule has 1 fully saturated rings. The van der Waals surface area contributed by atoms with Crippen LogP contribution in [0.1, 0.15) is 24.6 Å². The molecule has 0 aliphatic carbocycles. The molecule has 1 saturated heterocycles. The molecule has 1 aliphatic rings. The first kappa shape index (κ1) is 11.3. The summed E-state index contributed by atoms with van der Waals surface area (Å²) in [6, 6.07) is 1.78. The van der Waals surface area contributed by atoms with Crippen molar-refractivity contribution in [3.63, 3.8) is 0 Å². The van der Waals surface area contributed by atoms with E-state index in [9.17, 15) is 4.39 Å². The molecule has 0 unspecified atom stereocenters. The van der Waals surface area contributed by atoms with Gasteiger partial charge in [-0.25, -0.2) is 14.4 Å². The van der Waals surface area contributed by atoms with E-state index >= 15 is 0 Å². The molecule has 1 aliphatic heterocycles. The number of rotatable bonds is 4. The number of hydrogen-bond acceptors (Lipinski definition) is 4. The predicted molar refractivity (Wildman–Crippen MR) is 61.3 cm³/mol. The molecule has 5 heteroatoms. The van der Waals surface area contributed by atoms with E-state index in [0.717, 1.165) is 37.6 Å². The summed E-state index contributed by atoms with van der Waals surface area (Å²) in [5.41, 5.74) is 0. The SMILES string of the molecule is FCCNc1ccnc(C2CCNCC2)n1. The molecule has 0 radical (unpaired) electrons. The van der Waals surface area contributed by atoms with Crippen molar-refractivity contribution in [2.75, 3.05) is 31.6 Å². The average Bonchev–Trinajstić information content (AvgIpc) is 2.38. The van der Waals surface area contributed by atoms with Crippen LogP contribution >= 0.6 is 0 Å². The Bertz CT molecular complexity index is 326. The number of hydrogen-bond donors (Lipinski definition) is 2. The van der Waals surface area contributed by atoms with Crippen molar-refractivity contribution in [3.05, 3.63) is 18.1 Å². The Morgan fingerprint density at radius 1 is 1.44 bits per heavy atom. The van der Waals surface area contributed by atoms with Crippen molar-refractivity contribution in [1.29, 1.82) is 0 Å². The van der Waals surface area contributed by atoms with Gasteiger partial charge in [0.2, 0.25) is 0 Å². The normalized spacial score (nSPS) is 17.3. The zero-order valence-corrected chi connectivity index (χ0v) is 9.25. The van der Waals surface area contributed by atoms with Crippen LogP contribution in [0.5, 0.6) is 0 Å². The summed E-state index contributed by atoms with van der Waals surface area (Å²) in [7, 11) is 0. The topological polar surface area (TPSA) is 49.8 Å². The number of nitrogens with zero attached hydrogens (tertiary/aromatic N) is 2. The molecule has 0 saturated carbocycles. The first-order chi connectivity index (χ1) is 7.90. The standard InChI is InChI=1S/C11H17FN4/c12-4-8-14-10-3-7-15-11(16-10)9-1-5-13-6-2-9/h3,7,9,13H,1-2,4-6,8H2,(H,14,15,16). The van der Waals surface area contributed by atoms with Gasteiger partial charge in [0.25, 0.3) is 0 Å². The maximum Gasteiger partial charge on any atom is 0.133 e. The second-order valence-electron chi connectivity index (χ2n) is 3.94. The van der Waals surface area contributed by atoms with Crippen LogP contribution in [0.4, 0.5) is 10.2 Å². The molecule has 0 amide bonds. The molecule has 16 heavy (non-hydrogen) atoms. The lowest BCUT2D eigenvalue weighted by Crippen LogP contribution is -2.27. The Balaban J connectivity index is 2.02. The summed E-state index contributed by atoms with van der Waals surface area (Å²) in [4.78, 5) is 8.72. The molecule has 2 rings (SSSR count). The lowest BCUT2D eigenvalue weighted by Gasteiger charge is -2.21. The van der Waals surface area contributed by atoms with Gasteiger partial charge in [0.05, 0.1) is 0 Å². The minimum absolute atomic E-state index is 0.308. The van der Waals surface area contributed by atoms with Crippen LogP contribution in [0.15, 0.2) is 12.3 Å². The van der Waals surface area contributed by atoms with E-state index in [1.165, 1.54) is 0 Å². The largest absolute Gasteiger partial charge is 0.367 e. The Hall–Kier alpha value is -1.23. The third-order valence-corrected chi connectivity index (χ3v) is 2.78. The van der Waals surface area contributed by atoms with E-state index < -0.39 is 0 Å². The van der Waals surface area contributed by atoms with Crippen molar-refractivity contribution >= 4 is 5.82 Å². The summed E-state index contributed by atoms with van der Waals surface area (Å²) in [6.07, 6.45) is 3.89. The molecule has 2 N–H and O–H groups in total. The highest BCUT2D eigenvalue weighted by Crippen LogP contribution is 2.22. The van der Waals surface area contributed by atoms with Gasteiger partial charge >= 0.3 is 0 Å². The van der Waals surface area contributed by atoms with Gasteiger partial charge in [0.15, 0.2) is 0 Å². The quantitative estimate of drug-likeness (QED) is 0.810. The van der Waals surface area contributed by atoms with Crippen LogP contribution in [0.3, 0.4) is 0 Å². The highest BCUT2D eigenvalue weighted by atomic mass is 19.1. The van der Waals surface area contributed by atoms with Gasteiger partial charge in [0.1, 0.15) is 18.3 Å². The van der Waals surface area contributed by atoms with Crippen LogP contribution in [-0.2, 0) is 0 Å². The van der Waals surface area contributed by atoms with Gasteiger partial charge in [-0.2, -0.15) is 0 Å². The fourth-order valence-electron chi connectivity index (χ4n) is 1.92. The van der Waals surface area contributed by atoms with Crippen LogP contribution in [0, 0.1) is 0 Å². The highest BCUT2D eigenvalue weighted by molar-refractivity contribution is 5.33. The second-order valence-corrected chi connectivity index (χ2v) is 3.94. The zero-order valence-electron chi connectivity index (χ0n) is 9.25. The number of alkyl halides is 1. The third kappa shape index (κ3) is 2.88. The molecule has 4 nitrogen and oxygen atoms in total. The summed E-state index contributed by atoms with van der Waals surface area (Å²) in [5.74, 6) is 2.04. The Kier molecular flexibility index (Phi) is 4.04. The smallest absolute Gasteiger partial charge is 0.133 e. The molecule has 0 aromatic carbocycles. The third-order valence-electron chi connectivity index (χ3n) is 2.78. The Labute approximate surface area is 94.7 Å². The van der Waals surface area contributed by atoms with E-state index in [1.54, 1.807) is 12.3 Å². The first-order valence-electron chi connectivity index (χ1n) is 5.73. The maximum absolute atomic E-state index is 12.0. The molecule has 1 aromatic heterocycles. The van der Waals surface area contributed by atoms with Gasteiger partial charge in [0, 0.05) is 18.7 Å². The van der Waals surface area contributed by atoms with E-state index in [2.05, 4.69) is 20.6 Å². The van der Waals surface area contributed by atoms with Crippen LogP contribution in [0.2, 0.25) is 0 Å². The fourth-order valence-corrected chi connectivity index (χ4v) is 1.92. The van der Waals surface area contributed by atoms with Crippen molar-refractivity contribution < 1.29 is 4.39 Å². The van der Waals surface area contributed by atoms with Crippen LogP contribution in [0.25, 0.3) is 0 Å². The van der Waals surface area contributed by atoms with Crippen molar-refractivity contribution in [1.82, 2.24) is 15.3 Å². The summed E-state index contributed by atoms with van der Waals surface area (Å²) < 4.78 is 12.0. The number of halogens is 1. The number of aromatic nitrogens is 2. The van der Waals surface area contributed by atoms with Gasteiger partial charge in [-0.1, -0.05) is 0 Å². The van der Waals surface area contributed by atoms with Gasteiger partial charge in [-0.15, -0.1) is 0 Å². The van der Waals surface area contributed by atoms with Gasteiger partial charge in [-0.05, 0) is 32.0 Å². The summed E-state index contributed by atoms with van der Waals surface area (Å²) in [5, 5.41) is 6.24. The lowest BCUT2D eigenvalue weighted by molar-refractivity contribution is 0.445. The van der Waals surface area contributed by atoms with Gasteiger partial charge in [-0.3, -0.25) is 0 Å². The molecule has 0 atom stereocenters. The zero-order chi connectivity index (χ0) is 11.2. The minimum atomic E-state index is -0.382. The second kappa shape index (κ2) is 5.75. The lowest BCUT2D eigenvalue weighted by atomic mass is 9.97. The number of anilines is 1. The fraction of sp³-hybridized carbons (Fsp3) is 0.636. The number of piperidine rings is 1. The highest BCUT2D eigenvalue weighted by Gasteiger charge is 2.17. The molecule has 88 valence electrons. The van der Waals surface area contributed by atoms with Gasteiger partial charge < -0.3 is 10.6 Å². The minimum Gasteiger partial charge on any atom is -0.367 e. The molecule has 0 spiro atoms. The molecule has 0 bridgehead atoms. The molecule has 1 aromatic rings. The van der Waals surface area contributed by atoms with Crippen LogP contribution in [-0.4, -0.2) is 36.3 Å². The Morgan fingerprint density at radius 3 is 3.00 bits per heavy atom. The van der Waals surface area contributed by atoms with E-state index in [0.29, 0.717) is 12.5 Å². The maximum atomic E-state index is 12.0. The average molecular weight is 224 g/mol. The monoisotopic (exact) mass is 224 g/mol. The molecule has 2 heterocycles. The molecular formula is C11H17FN4. The van der Waals surface area contributed by atoms with Crippen molar-refractivity contribution in [2.24, 2.45) is 0 Å². The van der Waals surface area contributed by atoms with Crippen molar-refractivity contribution in [2.45, 2.75) is 18.8 Å². The number of nitrogens with one attached hydrogen (secondary N) is 2. The van der Waals surface area contributed by atoms with Crippen LogP contribution < -0.4 is 10.6 Å². The molecular weight excluding hydrogens is 207 g/mol. The Morgan fingerprint density at radius 2 is 2.25 bits per heavy atom. The summed E-state index contributed by atoms with van der Waals surface area (Å²) in [6.45, 7) is 1.97. The van der Waals surface area contributed by atoms with E-state index in [1.807, 2.05) is 0 Å². The van der Waals surface area contributed by atoms with Crippen molar-refractivity contribution in [3.8, 4) is 0 Å². The van der Waals surface area contributed by atoms with E-state index in [4.69, 9.17) is 0 Å². The van der Waals surface area contributed by atoms with E-state index in [-0.39, 0.29) is 6.67 Å². The summed E-state index contributed by atoms with van der Waals surface area (Å²) >= 11 is 0.